The number of carboxylic acid groups (broad SMARTS) is 1. The van der Waals surface area contributed by atoms with E-state index in [4.69, 9.17) is 5.11 Å². The molecule has 1 unspecified atom stereocenters. The molecule has 0 saturated heterocycles. The Kier molecular flexibility index (Phi) is 5.52. The first-order valence-corrected chi connectivity index (χ1v) is 8.75. The molecule has 0 aliphatic heterocycles. The smallest absolute Gasteiger partial charge is 0.310 e. The van der Waals surface area contributed by atoms with E-state index in [-0.39, 0.29) is 11.4 Å². The Morgan fingerprint density at radius 1 is 1.09 bits per heavy atom. The predicted octanol–water partition coefficient (Wildman–Crippen LogP) is 2.40. The minimum atomic E-state index is -3.49. The molecule has 2 aromatic carbocycles. The molecule has 0 saturated carbocycles. The van der Waals surface area contributed by atoms with Crippen molar-refractivity contribution in [1.82, 2.24) is 4.72 Å². The quantitative estimate of drug-likeness (QED) is 0.815. The molecule has 0 bridgehead atoms. The van der Waals surface area contributed by atoms with Crippen molar-refractivity contribution in [2.75, 3.05) is 6.54 Å². The van der Waals surface area contributed by atoms with Crippen LogP contribution in [-0.2, 0) is 21.2 Å². The van der Waals surface area contributed by atoms with Gasteiger partial charge < -0.3 is 5.11 Å². The van der Waals surface area contributed by atoms with Gasteiger partial charge in [0.1, 0.15) is 0 Å². The van der Waals surface area contributed by atoms with E-state index in [1.54, 1.807) is 49.4 Å². The van der Waals surface area contributed by atoms with Gasteiger partial charge in [0, 0.05) is 6.54 Å². The number of rotatable bonds is 7. The molecule has 0 aromatic heterocycles. The lowest BCUT2D eigenvalue weighted by Gasteiger charge is -2.09. The van der Waals surface area contributed by atoms with E-state index in [1.807, 2.05) is 12.1 Å². The van der Waals surface area contributed by atoms with Crippen LogP contribution in [0.15, 0.2) is 59.5 Å². The average Bonchev–Trinajstić information content (AvgIpc) is 2.55. The average molecular weight is 333 g/mol. The highest BCUT2D eigenvalue weighted by Crippen LogP contribution is 2.16. The minimum absolute atomic E-state index is 0.241. The number of nitrogens with one attached hydrogen (secondary N) is 1. The van der Waals surface area contributed by atoms with Crippen LogP contribution in [0.1, 0.15) is 24.0 Å². The Bertz CT molecular complexity index is 755. The normalized spacial score (nSPS) is 12.7. The number of carboxylic acids is 1. The second kappa shape index (κ2) is 7.39. The molecular formula is C17H19NO4S. The van der Waals surface area contributed by atoms with Crippen molar-refractivity contribution in [3.8, 4) is 0 Å². The van der Waals surface area contributed by atoms with Gasteiger partial charge in [0.25, 0.3) is 0 Å². The molecule has 6 heteroatoms. The zero-order valence-electron chi connectivity index (χ0n) is 12.8. The maximum Gasteiger partial charge on any atom is 0.310 e. The van der Waals surface area contributed by atoms with Crippen LogP contribution in [0.5, 0.6) is 0 Å². The van der Waals surface area contributed by atoms with E-state index in [9.17, 15) is 13.2 Å². The van der Waals surface area contributed by atoms with Crippen LogP contribution >= 0.6 is 0 Å². The standard InChI is InChI=1S/C17H19NO4S/c1-13(17(19)20)15-9-7-14(8-10-15)11-12-18-23(21,22)16-5-3-2-4-6-16/h2-10,13,18H,11-12H2,1H3,(H,19,20). The van der Waals surface area contributed by atoms with Crippen LogP contribution in [-0.4, -0.2) is 26.0 Å². The van der Waals surface area contributed by atoms with E-state index < -0.39 is 21.9 Å². The summed E-state index contributed by atoms with van der Waals surface area (Å²) in [6.07, 6.45) is 0.536. The largest absolute Gasteiger partial charge is 0.481 e. The fourth-order valence-corrected chi connectivity index (χ4v) is 3.18. The molecule has 5 nitrogen and oxygen atoms in total. The molecule has 0 aliphatic carbocycles. The molecule has 0 heterocycles. The molecule has 2 N–H and O–H groups in total. The first-order chi connectivity index (χ1) is 10.9. The number of benzene rings is 2. The molecule has 1 atom stereocenters. The first kappa shape index (κ1) is 17.2. The van der Waals surface area contributed by atoms with Gasteiger partial charge in [0.2, 0.25) is 10.0 Å². The summed E-state index contributed by atoms with van der Waals surface area (Å²) >= 11 is 0. The second-order valence-corrected chi connectivity index (χ2v) is 7.03. The van der Waals surface area contributed by atoms with Crippen LogP contribution in [0, 0.1) is 0 Å². The summed E-state index contributed by atoms with van der Waals surface area (Å²) in [5.74, 6) is -1.42. The van der Waals surface area contributed by atoms with Gasteiger partial charge in [-0.2, -0.15) is 0 Å². The molecule has 122 valence electrons. The fourth-order valence-electron chi connectivity index (χ4n) is 2.13. The van der Waals surface area contributed by atoms with E-state index in [0.717, 1.165) is 11.1 Å². The summed E-state index contributed by atoms with van der Waals surface area (Å²) in [7, 11) is -3.49. The Hall–Kier alpha value is -2.18. The maximum absolute atomic E-state index is 12.1. The van der Waals surface area contributed by atoms with Gasteiger partial charge in [-0.05, 0) is 36.6 Å². The Morgan fingerprint density at radius 3 is 2.26 bits per heavy atom. The third-order valence-corrected chi connectivity index (χ3v) is 5.09. The Labute approximate surface area is 136 Å². The zero-order chi connectivity index (χ0) is 16.9. The number of carbonyl (C=O) groups is 1. The van der Waals surface area contributed by atoms with Gasteiger partial charge in [0.15, 0.2) is 0 Å². The van der Waals surface area contributed by atoms with Crippen LogP contribution in [0.3, 0.4) is 0 Å². The SMILES string of the molecule is CC(C(=O)O)c1ccc(CCNS(=O)(=O)c2ccccc2)cc1. The summed E-state index contributed by atoms with van der Waals surface area (Å²) < 4.78 is 26.7. The van der Waals surface area contributed by atoms with Gasteiger partial charge in [-0.25, -0.2) is 13.1 Å². The van der Waals surface area contributed by atoms with Crippen molar-refractivity contribution < 1.29 is 18.3 Å². The molecule has 0 radical (unpaired) electrons. The summed E-state index contributed by atoms with van der Waals surface area (Å²) in [4.78, 5) is 11.2. The van der Waals surface area contributed by atoms with E-state index in [0.29, 0.717) is 6.42 Å². The Balaban J connectivity index is 1.93. The van der Waals surface area contributed by atoms with Crippen LogP contribution < -0.4 is 4.72 Å². The van der Waals surface area contributed by atoms with Gasteiger partial charge in [-0.15, -0.1) is 0 Å². The molecule has 2 aromatic rings. The van der Waals surface area contributed by atoms with Crippen molar-refractivity contribution in [1.29, 1.82) is 0 Å². The van der Waals surface area contributed by atoms with E-state index >= 15 is 0 Å². The minimum Gasteiger partial charge on any atom is -0.481 e. The van der Waals surface area contributed by atoms with Crippen LogP contribution in [0.4, 0.5) is 0 Å². The summed E-state index contributed by atoms with van der Waals surface area (Å²) in [6.45, 7) is 1.91. The second-order valence-electron chi connectivity index (χ2n) is 5.26. The first-order valence-electron chi connectivity index (χ1n) is 7.26. The van der Waals surface area contributed by atoms with Crippen molar-refractivity contribution in [3.63, 3.8) is 0 Å². The van der Waals surface area contributed by atoms with Crippen molar-refractivity contribution in [2.45, 2.75) is 24.2 Å². The van der Waals surface area contributed by atoms with E-state index in [1.165, 1.54) is 0 Å². The number of hydrogen-bond acceptors (Lipinski definition) is 3. The summed E-state index contributed by atoms with van der Waals surface area (Å²) in [5.41, 5.74) is 1.67. The lowest BCUT2D eigenvalue weighted by atomic mass is 9.99. The molecule has 0 spiro atoms. The summed E-state index contributed by atoms with van der Waals surface area (Å²) in [6, 6.07) is 15.4. The third kappa shape index (κ3) is 4.64. The molecule has 23 heavy (non-hydrogen) atoms. The van der Waals surface area contributed by atoms with Gasteiger partial charge >= 0.3 is 5.97 Å². The van der Waals surface area contributed by atoms with E-state index in [2.05, 4.69) is 4.72 Å². The number of aliphatic carboxylic acids is 1. The highest BCUT2D eigenvalue weighted by atomic mass is 32.2. The van der Waals surface area contributed by atoms with Gasteiger partial charge in [0.05, 0.1) is 10.8 Å². The fraction of sp³-hybridized carbons (Fsp3) is 0.235. The summed E-state index contributed by atoms with van der Waals surface area (Å²) in [5, 5.41) is 8.97. The van der Waals surface area contributed by atoms with Gasteiger partial charge in [-0.3, -0.25) is 4.79 Å². The van der Waals surface area contributed by atoms with Crippen LogP contribution in [0.2, 0.25) is 0 Å². The highest BCUT2D eigenvalue weighted by molar-refractivity contribution is 7.89. The zero-order valence-corrected chi connectivity index (χ0v) is 13.6. The van der Waals surface area contributed by atoms with Crippen molar-refractivity contribution in [2.24, 2.45) is 0 Å². The Morgan fingerprint density at radius 2 is 1.70 bits per heavy atom. The molecule has 0 fully saturated rings. The third-order valence-electron chi connectivity index (χ3n) is 3.61. The maximum atomic E-state index is 12.1. The lowest BCUT2D eigenvalue weighted by molar-refractivity contribution is -0.138. The molecule has 2 rings (SSSR count). The van der Waals surface area contributed by atoms with Gasteiger partial charge in [-0.1, -0.05) is 42.5 Å². The monoisotopic (exact) mass is 333 g/mol. The van der Waals surface area contributed by atoms with Crippen molar-refractivity contribution >= 4 is 16.0 Å². The lowest BCUT2D eigenvalue weighted by Crippen LogP contribution is -2.25. The van der Waals surface area contributed by atoms with Crippen LogP contribution in [0.25, 0.3) is 0 Å². The predicted molar refractivity (Wildman–Crippen MR) is 87.8 cm³/mol. The topological polar surface area (TPSA) is 83.5 Å². The number of sulfonamides is 1. The molecule has 0 aliphatic rings. The highest BCUT2D eigenvalue weighted by Gasteiger charge is 2.14. The molecule has 0 amide bonds. The number of hydrogen-bond donors (Lipinski definition) is 2. The molecular weight excluding hydrogens is 314 g/mol. The van der Waals surface area contributed by atoms with Crippen molar-refractivity contribution in [3.05, 3.63) is 65.7 Å².